The predicted octanol–water partition coefficient (Wildman–Crippen LogP) is 1.71. The largest absolute Gasteiger partial charge is 0.370 e. The highest BCUT2D eigenvalue weighted by Gasteiger charge is 2.22. The third-order valence-electron chi connectivity index (χ3n) is 5.27. The lowest BCUT2D eigenvalue weighted by Crippen LogP contribution is -2.49. The summed E-state index contributed by atoms with van der Waals surface area (Å²) in [5, 5.41) is 0. The number of carbonyl (C=O) groups is 2. The highest BCUT2D eigenvalue weighted by molar-refractivity contribution is 5.79. The maximum Gasteiger partial charge on any atom is 0.237 e. The summed E-state index contributed by atoms with van der Waals surface area (Å²) in [5.41, 5.74) is 7.68. The average molecular weight is 395 g/mol. The lowest BCUT2D eigenvalue weighted by atomic mass is 10.2. The Hall–Kier alpha value is -2.70. The summed E-state index contributed by atoms with van der Waals surface area (Å²) in [5.74, 6) is -0.336. The summed E-state index contributed by atoms with van der Waals surface area (Å²) in [6, 6.07) is 20.3. The molecule has 0 atom stereocenters. The topological polar surface area (TPSA) is 69.9 Å². The summed E-state index contributed by atoms with van der Waals surface area (Å²) in [7, 11) is 0. The maximum atomic E-state index is 12.9. The molecule has 0 bridgehead atoms. The summed E-state index contributed by atoms with van der Waals surface area (Å²) < 4.78 is 0. The number of nitrogens with two attached hydrogens (primary N) is 1. The van der Waals surface area contributed by atoms with E-state index in [1.807, 2.05) is 36.4 Å². The number of rotatable bonds is 9. The molecule has 2 aromatic carbocycles. The van der Waals surface area contributed by atoms with Crippen LogP contribution in [0.4, 0.5) is 0 Å². The lowest BCUT2D eigenvalue weighted by molar-refractivity contribution is -0.134. The van der Waals surface area contributed by atoms with Crippen LogP contribution in [0.1, 0.15) is 17.5 Å². The first-order chi connectivity index (χ1) is 14.1. The third-order valence-corrected chi connectivity index (χ3v) is 5.27. The van der Waals surface area contributed by atoms with E-state index in [0.29, 0.717) is 19.6 Å². The number of amides is 2. The van der Waals surface area contributed by atoms with Gasteiger partial charge in [0.1, 0.15) is 0 Å². The van der Waals surface area contributed by atoms with Crippen molar-refractivity contribution >= 4 is 11.8 Å². The van der Waals surface area contributed by atoms with Crippen LogP contribution in [0.25, 0.3) is 0 Å². The van der Waals surface area contributed by atoms with E-state index < -0.39 is 0 Å². The minimum atomic E-state index is -0.384. The fourth-order valence-corrected chi connectivity index (χ4v) is 3.58. The first-order valence-electron chi connectivity index (χ1n) is 10.2. The summed E-state index contributed by atoms with van der Waals surface area (Å²) >= 11 is 0. The highest BCUT2D eigenvalue weighted by Crippen LogP contribution is 2.10. The zero-order chi connectivity index (χ0) is 20.5. The molecular formula is C23H30N4O2. The van der Waals surface area contributed by atoms with Crippen molar-refractivity contribution in [2.45, 2.75) is 19.5 Å². The molecule has 6 heteroatoms. The Labute approximate surface area is 172 Å². The van der Waals surface area contributed by atoms with E-state index in [9.17, 15) is 9.59 Å². The van der Waals surface area contributed by atoms with Gasteiger partial charge in [-0.15, -0.1) is 0 Å². The fraction of sp³-hybridized carbons (Fsp3) is 0.391. The van der Waals surface area contributed by atoms with Gasteiger partial charge in [-0.25, -0.2) is 0 Å². The normalized spacial score (nSPS) is 15.2. The molecule has 0 saturated carbocycles. The third kappa shape index (κ3) is 7.00. The highest BCUT2D eigenvalue weighted by atomic mass is 16.2. The Kier molecular flexibility index (Phi) is 7.78. The van der Waals surface area contributed by atoms with Gasteiger partial charge < -0.3 is 10.6 Å². The van der Waals surface area contributed by atoms with Crippen LogP contribution in [0.3, 0.4) is 0 Å². The van der Waals surface area contributed by atoms with E-state index in [0.717, 1.165) is 38.3 Å². The Morgan fingerprint density at radius 3 is 1.97 bits per heavy atom. The van der Waals surface area contributed by atoms with Gasteiger partial charge in [0.05, 0.1) is 6.54 Å². The van der Waals surface area contributed by atoms with Gasteiger partial charge in [0.25, 0.3) is 0 Å². The first kappa shape index (κ1) is 21.0. The molecule has 2 aromatic rings. The molecule has 1 aliphatic heterocycles. The van der Waals surface area contributed by atoms with Crippen LogP contribution in [0.2, 0.25) is 0 Å². The smallest absolute Gasteiger partial charge is 0.237 e. The molecule has 154 valence electrons. The Morgan fingerprint density at radius 2 is 1.38 bits per heavy atom. The van der Waals surface area contributed by atoms with Crippen LogP contribution in [-0.4, -0.2) is 65.8 Å². The molecule has 1 fully saturated rings. The standard InChI is InChI=1S/C23H30N4O2/c24-22(28)11-12-27(18-21-9-5-2-6-10-21)23(29)19-26-15-13-25(14-16-26)17-20-7-3-1-4-8-20/h1-10H,11-19H2,(H2,24,28). The van der Waals surface area contributed by atoms with Crippen LogP contribution < -0.4 is 5.73 Å². The van der Waals surface area contributed by atoms with E-state index in [-0.39, 0.29) is 18.2 Å². The maximum absolute atomic E-state index is 12.9. The number of nitrogens with zero attached hydrogens (tertiary/aromatic N) is 3. The fourth-order valence-electron chi connectivity index (χ4n) is 3.58. The number of piperazine rings is 1. The molecule has 0 aromatic heterocycles. The molecule has 1 saturated heterocycles. The number of carbonyl (C=O) groups excluding carboxylic acids is 2. The monoisotopic (exact) mass is 394 g/mol. The van der Waals surface area contributed by atoms with Crippen molar-refractivity contribution in [1.29, 1.82) is 0 Å². The molecule has 6 nitrogen and oxygen atoms in total. The van der Waals surface area contributed by atoms with Crippen LogP contribution >= 0.6 is 0 Å². The van der Waals surface area contributed by atoms with Gasteiger partial charge in [-0.1, -0.05) is 60.7 Å². The minimum absolute atomic E-state index is 0.0478. The molecule has 1 heterocycles. The van der Waals surface area contributed by atoms with Crippen LogP contribution in [-0.2, 0) is 22.7 Å². The molecule has 3 rings (SSSR count). The molecule has 0 aliphatic carbocycles. The zero-order valence-corrected chi connectivity index (χ0v) is 16.9. The quantitative estimate of drug-likeness (QED) is 0.703. The van der Waals surface area contributed by atoms with Crippen molar-refractivity contribution < 1.29 is 9.59 Å². The molecule has 29 heavy (non-hydrogen) atoms. The molecule has 1 aliphatic rings. The Bertz CT molecular complexity index is 774. The van der Waals surface area contributed by atoms with E-state index >= 15 is 0 Å². The van der Waals surface area contributed by atoms with E-state index in [2.05, 4.69) is 34.1 Å². The van der Waals surface area contributed by atoms with Gasteiger partial charge in [0.2, 0.25) is 11.8 Å². The van der Waals surface area contributed by atoms with Crippen molar-refractivity contribution in [3.8, 4) is 0 Å². The lowest BCUT2D eigenvalue weighted by Gasteiger charge is -2.35. The van der Waals surface area contributed by atoms with Gasteiger partial charge in [-0.2, -0.15) is 0 Å². The van der Waals surface area contributed by atoms with Crippen molar-refractivity contribution in [2.75, 3.05) is 39.3 Å². The number of hydrogen-bond acceptors (Lipinski definition) is 4. The SMILES string of the molecule is NC(=O)CCN(Cc1ccccc1)C(=O)CN1CCN(Cc2ccccc2)CC1. The molecule has 0 unspecified atom stereocenters. The zero-order valence-electron chi connectivity index (χ0n) is 16.9. The second kappa shape index (κ2) is 10.7. The van der Waals surface area contributed by atoms with Crippen molar-refractivity contribution in [3.63, 3.8) is 0 Å². The average Bonchev–Trinajstić information content (AvgIpc) is 2.74. The van der Waals surface area contributed by atoms with Crippen molar-refractivity contribution in [3.05, 3.63) is 71.8 Å². The van der Waals surface area contributed by atoms with Gasteiger partial charge in [0.15, 0.2) is 0 Å². The molecule has 0 spiro atoms. The second-order valence-corrected chi connectivity index (χ2v) is 7.56. The van der Waals surface area contributed by atoms with Crippen LogP contribution in [0.5, 0.6) is 0 Å². The molecular weight excluding hydrogens is 364 g/mol. The van der Waals surface area contributed by atoms with E-state index in [1.165, 1.54) is 5.56 Å². The second-order valence-electron chi connectivity index (χ2n) is 7.56. The summed E-state index contributed by atoms with van der Waals surface area (Å²) in [6.07, 6.45) is 0.184. The van der Waals surface area contributed by atoms with Crippen LogP contribution in [0.15, 0.2) is 60.7 Å². The number of primary amides is 1. The van der Waals surface area contributed by atoms with Crippen LogP contribution in [0, 0.1) is 0 Å². The number of benzene rings is 2. The van der Waals surface area contributed by atoms with Gasteiger partial charge in [-0.05, 0) is 11.1 Å². The van der Waals surface area contributed by atoms with Gasteiger partial charge >= 0.3 is 0 Å². The minimum Gasteiger partial charge on any atom is -0.370 e. The molecule has 2 N–H and O–H groups in total. The summed E-state index contributed by atoms with van der Waals surface area (Å²) in [4.78, 5) is 30.5. The predicted molar refractivity (Wildman–Crippen MR) is 114 cm³/mol. The van der Waals surface area contributed by atoms with Crippen molar-refractivity contribution in [2.24, 2.45) is 5.73 Å². The summed E-state index contributed by atoms with van der Waals surface area (Å²) in [6.45, 7) is 5.82. The van der Waals surface area contributed by atoms with E-state index in [1.54, 1.807) is 4.90 Å². The molecule has 0 radical (unpaired) electrons. The number of hydrogen-bond donors (Lipinski definition) is 1. The van der Waals surface area contributed by atoms with E-state index in [4.69, 9.17) is 5.73 Å². The molecule has 2 amide bonds. The Morgan fingerprint density at radius 1 is 0.828 bits per heavy atom. The van der Waals surface area contributed by atoms with Gasteiger partial charge in [-0.3, -0.25) is 19.4 Å². The van der Waals surface area contributed by atoms with Crippen molar-refractivity contribution in [1.82, 2.24) is 14.7 Å². The Balaban J connectivity index is 1.50. The van der Waals surface area contributed by atoms with Gasteiger partial charge in [0, 0.05) is 52.2 Å². The first-order valence-corrected chi connectivity index (χ1v) is 10.2.